The average molecular weight is 311 g/mol. The smallest absolute Gasteiger partial charge is 0.242 e. The summed E-state index contributed by atoms with van der Waals surface area (Å²) in [7, 11) is 1.65. The average Bonchev–Trinajstić information content (AvgIpc) is 3.07. The van der Waals surface area contributed by atoms with Gasteiger partial charge in [-0.15, -0.1) is 0 Å². The van der Waals surface area contributed by atoms with Gasteiger partial charge in [-0.1, -0.05) is 30.3 Å². The molecule has 3 rings (SSSR count). The van der Waals surface area contributed by atoms with Crippen molar-refractivity contribution in [3.63, 3.8) is 0 Å². The van der Waals surface area contributed by atoms with Crippen LogP contribution >= 0.6 is 0 Å². The number of carbonyl (C=O) groups excluding carboxylic acids is 1. The lowest BCUT2D eigenvalue weighted by molar-refractivity contribution is -0.117. The highest BCUT2D eigenvalue weighted by atomic mass is 16.5. The van der Waals surface area contributed by atoms with Crippen molar-refractivity contribution in [1.29, 1.82) is 0 Å². The summed E-state index contributed by atoms with van der Waals surface area (Å²) in [6.07, 6.45) is 0.698. The number of benzene rings is 2. The molecule has 0 aromatic heterocycles. The second-order valence-electron chi connectivity index (χ2n) is 5.71. The Bertz CT molecular complexity index is 685. The van der Waals surface area contributed by atoms with Gasteiger partial charge in [0.25, 0.3) is 0 Å². The number of methoxy groups -OCH3 is 1. The maximum absolute atomic E-state index is 12.4. The van der Waals surface area contributed by atoms with E-state index in [9.17, 15) is 4.79 Å². The standard InChI is InChI=1S/C18H21N3O2/c1-12-5-3-4-6-15(12)19-18(22)17-11-16(20-21-17)13-7-9-14(23-2)10-8-13/h3-10,16-17,20-21H,11H2,1-2H3,(H,19,22). The summed E-state index contributed by atoms with van der Waals surface area (Å²) in [6.45, 7) is 1.98. The zero-order valence-electron chi connectivity index (χ0n) is 13.3. The van der Waals surface area contributed by atoms with Gasteiger partial charge in [0.2, 0.25) is 5.91 Å². The van der Waals surface area contributed by atoms with Gasteiger partial charge in [0, 0.05) is 11.7 Å². The number of anilines is 1. The van der Waals surface area contributed by atoms with Crippen LogP contribution in [-0.4, -0.2) is 19.1 Å². The Balaban J connectivity index is 1.62. The first-order valence-electron chi connectivity index (χ1n) is 7.69. The fraction of sp³-hybridized carbons (Fsp3) is 0.278. The molecule has 5 nitrogen and oxygen atoms in total. The molecule has 0 bridgehead atoms. The van der Waals surface area contributed by atoms with Crippen LogP contribution in [0.25, 0.3) is 0 Å². The first kappa shape index (κ1) is 15.5. The quantitative estimate of drug-likeness (QED) is 0.812. The van der Waals surface area contributed by atoms with Crippen LogP contribution in [0.1, 0.15) is 23.6 Å². The second kappa shape index (κ2) is 6.81. The highest BCUT2D eigenvalue weighted by Gasteiger charge is 2.30. The summed E-state index contributed by atoms with van der Waals surface area (Å²) in [5.41, 5.74) is 9.31. The SMILES string of the molecule is COc1ccc(C2CC(C(=O)Nc3ccccc3C)NN2)cc1. The lowest BCUT2D eigenvalue weighted by Crippen LogP contribution is -2.39. The molecule has 1 amide bonds. The normalized spacial score (nSPS) is 20.3. The number of carbonyl (C=O) groups is 1. The molecule has 1 heterocycles. The van der Waals surface area contributed by atoms with Crippen molar-refractivity contribution in [1.82, 2.24) is 10.9 Å². The van der Waals surface area contributed by atoms with Crippen LogP contribution in [0.15, 0.2) is 48.5 Å². The molecule has 120 valence electrons. The van der Waals surface area contributed by atoms with E-state index in [4.69, 9.17) is 4.74 Å². The van der Waals surface area contributed by atoms with E-state index in [1.165, 1.54) is 0 Å². The van der Waals surface area contributed by atoms with Gasteiger partial charge in [-0.3, -0.25) is 4.79 Å². The predicted octanol–water partition coefficient (Wildman–Crippen LogP) is 2.55. The topological polar surface area (TPSA) is 62.4 Å². The first-order chi connectivity index (χ1) is 11.2. The van der Waals surface area contributed by atoms with Crippen LogP contribution in [0.3, 0.4) is 0 Å². The van der Waals surface area contributed by atoms with Crippen LogP contribution in [0.4, 0.5) is 5.69 Å². The summed E-state index contributed by atoms with van der Waals surface area (Å²) < 4.78 is 5.17. The van der Waals surface area contributed by atoms with E-state index in [1.54, 1.807) is 7.11 Å². The number of aryl methyl sites for hydroxylation is 1. The molecule has 1 aliphatic rings. The first-order valence-corrected chi connectivity index (χ1v) is 7.69. The van der Waals surface area contributed by atoms with Crippen molar-refractivity contribution >= 4 is 11.6 Å². The minimum atomic E-state index is -0.262. The second-order valence-corrected chi connectivity index (χ2v) is 5.71. The highest BCUT2D eigenvalue weighted by molar-refractivity contribution is 5.95. The molecule has 1 aliphatic heterocycles. The van der Waals surface area contributed by atoms with E-state index in [0.717, 1.165) is 22.6 Å². The van der Waals surface area contributed by atoms with Crippen molar-refractivity contribution in [3.8, 4) is 5.75 Å². The minimum absolute atomic E-state index is 0.0252. The van der Waals surface area contributed by atoms with Crippen molar-refractivity contribution in [2.45, 2.75) is 25.4 Å². The molecule has 23 heavy (non-hydrogen) atoms. The van der Waals surface area contributed by atoms with E-state index in [0.29, 0.717) is 6.42 Å². The van der Waals surface area contributed by atoms with Gasteiger partial charge in [-0.2, -0.15) is 0 Å². The molecule has 1 fully saturated rings. The summed E-state index contributed by atoms with van der Waals surface area (Å²) in [5.74, 6) is 0.802. The Morgan fingerprint density at radius 3 is 2.57 bits per heavy atom. The third kappa shape index (κ3) is 3.52. The Hall–Kier alpha value is -2.37. The monoisotopic (exact) mass is 311 g/mol. The summed E-state index contributed by atoms with van der Waals surface area (Å²) in [6, 6.07) is 15.5. The zero-order chi connectivity index (χ0) is 16.2. The molecule has 2 atom stereocenters. The molecule has 0 spiro atoms. The highest BCUT2D eigenvalue weighted by Crippen LogP contribution is 2.25. The van der Waals surface area contributed by atoms with Gasteiger partial charge in [0.1, 0.15) is 11.8 Å². The van der Waals surface area contributed by atoms with Gasteiger partial charge >= 0.3 is 0 Å². The number of rotatable bonds is 4. The molecule has 1 saturated heterocycles. The molecular weight excluding hydrogens is 290 g/mol. The molecule has 0 radical (unpaired) electrons. The Kier molecular flexibility index (Phi) is 4.60. The van der Waals surface area contributed by atoms with E-state index >= 15 is 0 Å². The van der Waals surface area contributed by atoms with E-state index in [-0.39, 0.29) is 18.0 Å². The van der Waals surface area contributed by atoms with Crippen molar-refractivity contribution < 1.29 is 9.53 Å². The molecule has 2 aromatic carbocycles. The maximum Gasteiger partial charge on any atom is 0.242 e. The summed E-state index contributed by atoms with van der Waals surface area (Å²) in [4.78, 5) is 12.4. The minimum Gasteiger partial charge on any atom is -0.497 e. The molecule has 2 aromatic rings. The zero-order valence-corrected chi connectivity index (χ0v) is 13.3. The number of ether oxygens (including phenoxy) is 1. The van der Waals surface area contributed by atoms with Crippen LogP contribution in [-0.2, 0) is 4.79 Å². The van der Waals surface area contributed by atoms with Crippen molar-refractivity contribution in [3.05, 3.63) is 59.7 Å². The number of hydrazine groups is 1. The Labute approximate surface area is 136 Å². The molecule has 5 heteroatoms. The third-order valence-corrected chi connectivity index (χ3v) is 4.14. The molecule has 0 saturated carbocycles. The van der Waals surface area contributed by atoms with Crippen molar-refractivity contribution in [2.75, 3.05) is 12.4 Å². The number of hydrogen-bond acceptors (Lipinski definition) is 4. The third-order valence-electron chi connectivity index (χ3n) is 4.14. The Morgan fingerprint density at radius 2 is 1.87 bits per heavy atom. The van der Waals surface area contributed by atoms with Gasteiger partial charge in [-0.25, -0.2) is 10.9 Å². The van der Waals surface area contributed by atoms with Crippen molar-refractivity contribution in [2.24, 2.45) is 0 Å². The fourth-order valence-electron chi connectivity index (χ4n) is 2.72. The number of hydrogen-bond donors (Lipinski definition) is 3. The lowest BCUT2D eigenvalue weighted by atomic mass is 10.0. The van der Waals surface area contributed by atoms with Gasteiger partial charge in [-0.05, 0) is 42.7 Å². The lowest BCUT2D eigenvalue weighted by Gasteiger charge is -2.12. The molecule has 3 N–H and O–H groups in total. The number of para-hydroxylation sites is 1. The van der Waals surface area contributed by atoms with E-state index in [2.05, 4.69) is 16.2 Å². The van der Waals surface area contributed by atoms with E-state index < -0.39 is 0 Å². The number of amides is 1. The van der Waals surface area contributed by atoms with Gasteiger partial charge in [0.05, 0.1) is 7.11 Å². The van der Waals surface area contributed by atoms with Crippen LogP contribution < -0.4 is 20.9 Å². The molecule has 0 aliphatic carbocycles. The fourth-order valence-corrected chi connectivity index (χ4v) is 2.72. The summed E-state index contributed by atoms with van der Waals surface area (Å²) in [5, 5.41) is 2.98. The van der Waals surface area contributed by atoms with Crippen LogP contribution in [0, 0.1) is 6.92 Å². The predicted molar refractivity (Wildman–Crippen MR) is 90.2 cm³/mol. The van der Waals surface area contributed by atoms with Gasteiger partial charge in [0.15, 0.2) is 0 Å². The maximum atomic E-state index is 12.4. The molecule has 2 unspecified atom stereocenters. The van der Waals surface area contributed by atoms with E-state index in [1.807, 2.05) is 55.5 Å². The molecular formula is C18H21N3O2. The Morgan fingerprint density at radius 1 is 1.13 bits per heavy atom. The van der Waals surface area contributed by atoms with Gasteiger partial charge < -0.3 is 10.1 Å². The summed E-state index contributed by atoms with van der Waals surface area (Å²) >= 11 is 0. The van der Waals surface area contributed by atoms with Crippen LogP contribution in [0.5, 0.6) is 5.75 Å². The largest absolute Gasteiger partial charge is 0.497 e. The number of nitrogens with one attached hydrogen (secondary N) is 3. The van der Waals surface area contributed by atoms with Crippen LogP contribution in [0.2, 0.25) is 0 Å².